The molecule has 1 aromatic carbocycles. The molecule has 0 spiro atoms. The number of hydrogen-bond donors (Lipinski definition) is 2. The van der Waals surface area contributed by atoms with Crippen molar-refractivity contribution in [3.8, 4) is 5.69 Å². The molecule has 1 fully saturated rings. The summed E-state index contributed by atoms with van der Waals surface area (Å²) in [6.45, 7) is 3.87. The maximum Gasteiger partial charge on any atom is 0.282 e. The van der Waals surface area contributed by atoms with E-state index in [0.29, 0.717) is 35.7 Å². The molecule has 1 heterocycles. The van der Waals surface area contributed by atoms with E-state index in [9.17, 15) is 23.5 Å². The van der Waals surface area contributed by atoms with Crippen LogP contribution in [-0.4, -0.2) is 32.7 Å². The molecule has 0 atom stereocenters. The van der Waals surface area contributed by atoms with Crippen LogP contribution >= 0.6 is 0 Å². The molecule has 32 heavy (non-hydrogen) atoms. The summed E-state index contributed by atoms with van der Waals surface area (Å²) < 4.78 is 28.9. The van der Waals surface area contributed by atoms with Crippen LogP contribution < -0.4 is 5.73 Å². The first kappa shape index (κ1) is 22.6. The van der Waals surface area contributed by atoms with Crippen molar-refractivity contribution in [2.45, 2.75) is 71.3 Å². The van der Waals surface area contributed by atoms with Crippen molar-refractivity contribution in [3.05, 3.63) is 46.3 Å². The topological polar surface area (TPSA) is 98.2 Å². The molecule has 0 aliphatic heterocycles. The van der Waals surface area contributed by atoms with Crippen molar-refractivity contribution in [2.75, 3.05) is 0 Å². The minimum absolute atomic E-state index is 0.0288. The fourth-order valence-electron chi connectivity index (χ4n) is 5.13. The molecule has 0 saturated heterocycles. The highest BCUT2D eigenvalue weighted by atomic mass is 19.3. The van der Waals surface area contributed by atoms with E-state index in [4.69, 9.17) is 5.73 Å². The number of hydrogen-bond acceptors (Lipinski definition) is 4. The van der Waals surface area contributed by atoms with Crippen LogP contribution in [0.25, 0.3) is 5.69 Å². The summed E-state index contributed by atoms with van der Waals surface area (Å²) in [5.74, 6) is -0.558. The first-order chi connectivity index (χ1) is 15.1. The summed E-state index contributed by atoms with van der Waals surface area (Å²) in [6.07, 6.45) is 1.25. The van der Waals surface area contributed by atoms with Crippen molar-refractivity contribution in [2.24, 2.45) is 17.1 Å². The Balaban J connectivity index is 1.78. The number of aromatic nitrogens is 2. The number of fused-ring (bicyclic) bond motifs is 1. The van der Waals surface area contributed by atoms with Crippen LogP contribution in [0.2, 0.25) is 0 Å². The number of carbonyl (C=O) groups is 2. The van der Waals surface area contributed by atoms with Gasteiger partial charge < -0.3 is 10.8 Å². The van der Waals surface area contributed by atoms with Gasteiger partial charge in [0.15, 0.2) is 5.78 Å². The van der Waals surface area contributed by atoms with Gasteiger partial charge in [-0.15, -0.1) is 0 Å². The number of nitrogens with two attached hydrogens (primary N) is 1. The van der Waals surface area contributed by atoms with Crippen molar-refractivity contribution in [1.29, 1.82) is 0 Å². The maximum atomic E-state index is 13.7. The highest BCUT2D eigenvalue weighted by Gasteiger charge is 2.38. The molecular weight excluding hydrogens is 416 g/mol. The monoisotopic (exact) mass is 445 g/mol. The lowest BCUT2D eigenvalue weighted by Gasteiger charge is -2.29. The number of amides is 1. The summed E-state index contributed by atoms with van der Waals surface area (Å²) in [5.41, 5.74) is 6.93. The normalized spacial score (nSPS) is 22.8. The molecule has 0 radical (unpaired) electrons. The molecule has 2 aliphatic carbocycles. The lowest BCUT2D eigenvalue weighted by molar-refractivity contribution is 0.0896. The Kier molecular flexibility index (Phi) is 5.92. The third-order valence-electron chi connectivity index (χ3n) is 6.70. The van der Waals surface area contributed by atoms with Gasteiger partial charge in [-0.25, -0.2) is 13.5 Å². The van der Waals surface area contributed by atoms with E-state index in [0.717, 1.165) is 31.2 Å². The summed E-state index contributed by atoms with van der Waals surface area (Å²) >= 11 is 0. The number of ketones is 1. The number of carbonyl (C=O) groups excluding carboxylic acids is 2. The van der Waals surface area contributed by atoms with Crippen LogP contribution in [0.5, 0.6) is 0 Å². The van der Waals surface area contributed by atoms with E-state index in [2.05, 4.69) is 5.10 Å². The zero-order valence-corrected chi connectivity index (χ0v) is 18.4. The van der Waals surface area contributed by atoms with Gasteiger partial charge >= 0.3 is 0 Å². The van der Waals surface area contributed by atoms with Crippen LogP contribution in [0.15, 0.2) is 18.2 Å². The Labute approximate surface area is 185 Å². The molecule has 1 amide bonds. The van der Waals surface area contributed by atoms with Crippen LogP contribution in [0.1, 0.15) is 90.0 Å². The summed E-state index contributed by atoms with van der Waals surface area (Å²) in [6, 6.07) is 5.03. The number of Topliss-reactive ketones (excluding diaryl/α,β-unsaturated/α-hetero) is 1. The number of aliphatic hydroxyl groups is 1. The van der Waals surface area contributed by atoms with E-state index >= 15 is 0 Å². The molecule has 1 aromatic heterocycles. The first-order valence-electron chi connectivity index (χ1n) is 11.1. The Morgan fingerprint density at radius 3 is 2.56 bits per heavy atom. The lowest BCUT2D eigenvalue weighted by atomic mass is 9.75. The Bertz CT molecular complexity index is 1050. The number of alkyl halides is 2. The smallest absolute Gasteiger partial charge is 0.282 e. The van der Waals surface area contributed by atoms with E-state index in [-0.39, 0.29) is 29.3 Å². The largest absolute Gasteiger partial charge is 0.393 e. The Morgan fingerprint density at radius 1 is 1.25 bits per heavy atom. The number of halogens is 2. The average Bonchev–Trinajstić information content (AvgIpc) is 3.08. The van der Waals surface area contributed by atoms with Gasteiger partial charge in [-0.3, -0.25) is 9.59 Å². The molecule has 172 valence electrons. The fourth-order valence-corrected chi connectivity index (χ4v) is 5.13. The van der Waals surface area contributed by atoms with Gasteiger partial charge in [-0.05, 0) is 73.6 Å². The zero-order chi connectivity index (χ0) is 23.2. The number of benzene rings is 1. The molecule has 6 nitrogen and oxygen atoms in total. The second-order valence-electron chi connectivity index (χ2n) is 9.94. The molecule has 1 saturated carbocycles. The molecule has 3 N–H and O–H groups in total. The number of aliphatic hydroxyl groups excluding tert-OH is 1. The van der Waals surface area contributed by atoms with Crippen molar-refractivity contribution < 1.29 is 23.5 Å². The molecule has 8 heteroatoms. The van der Waals surface area contributed by atoms with Crippen molar-refractivity contribution >= 4 is 11.7 Å². The van der Waals surface area contributed by atoms with Gasteiger partial charge in [0.25, 0.3) is 6.43 Å². The highest BCUT2D eigenvalue weighted by molar-refractivity contribution is 6.00. The first-order valence-corrected chi connectivity index (χ1v) is 11.1. The Morgan fingerprint density at radius 2 is 1.94 bits per heavy atom. The molecule has 2 aliphatic rings. The fraction of sp³-hybridized carbons (Fsp3) is 0.542. The van der Waals surface area contributed by atoms with Crippen molar-refractivity contribution in [1.82, 2.24) is 9.78 Å². The predicted octanol–water partition coefficient (Wildman–Crippen LogP) is 4.16. The maximum absolute atomic E-state index is 13.7. The van der Waals surface area contributed by atoms with Gasteiger partial charge in [0.05, 0.1) is 23.0 Å². The third-order valence-corrected chi connectivity index (χ3v) is 6.70. The Hall–Kier alpha value is -2.61. The van der Waals surface area contributed by atoms with Gasteiger partial charge in [-0.1, -0.05) is 13.8 Å². The number of primary amides is 1. The van der Waals surface area contributed by atoms with Crippen LogP contribution in [0.3, 0.4) is 0 Å². The minimum atomic E-state index is -2.85. The summed E-state index contributed by atoms with van der Waals surface area (Å²) in [4.78, 5) is 24.7. The van der Waals surface area contributed by atoms with E-state index in [1.165, 1.54) is 4.68 Å². The van der Waals surface area contributed by atoms with Gasteiger partial charge in [0.2, 0.25) is 5.91 Å². The van der Waals surface area contributed by atoms with E-state index in [1.54, 1.807) is 18.2 Å². The van der Waals surface area contributed by atoms with E-state index in [1.807, 2.05) is 13.8 Å². The second-order valence-corrected chi connectivity index (χ2v) is 9.94. The lowest BCUT2D eigenvalue weighted by Crippen LogP contribution is -2.28. The molecule has 0 unspecified atom stereocenters. The standard InChI is InChI=1S/C24H29F2N3O3/c1-24(2)11-18-20(19(31)12-24)21(22(25)26)28-29(18)15-5-8-17(23(27)32)14(10-15)9-13-3-6-16(30)7-4-13/h5,8,10,13,16,22,30H,3-4,6-7,9,11-12H2,1-2H3,(H2,27,32). The molecular formula is C24H29F2N3O3. The highest BCUT2D eigenvalue weighted by Crippen LogP contribution is 2.39. The summed E-state index contributed by atoms with van der Waals surface area (Å²) in [5, 5.41) is 13.9. The quantitative estimate of drug-likeness (QED) is 0.722. The number of nitrogens with zero attached hydrogens (tertiary/aromatic N) is 2. The zero-order valence-electron chi connectivity index (χ0n) is 18.4. The van der Waals surface area contributed by atoms with Gasteiger partial charge in [-0.2, -0.15) is 5.10 Å². The molecule has 4 rings (SSSR count). The average molecular weight is 446 g/mol. The SMILES string of the molecule is CC1(C)CC(=O)c2c(C(F)F)nn(-c3ccc(C(N)=O)c(CC4CCC(O)CC4)c3)c2C1. The van der Waals surface area contributed by atoms with Gasteiger partial charge in [0.1, 0.15) is 5.69 Å². The second kappa shape index (κ2) is 8.39. The van der Waals surface area contributed by atoms with Crippen molar-refractivity contribution in [3.63, 3.8) is 0 Å². The van der Waals surface area contributed by atoms with Crippen LogP contribution in [0.4, 0.5) is 8.78 Å². The van der Waals surface area contributed by atoms with Gasteiger partial charge in [0, 0.05) is 12.0 Å². The predicted molar refractivity (Wildman–Crippen MR) is 115 cm³/mol. The summed E-state index contributed by atoms with van der Waals surface area (Å²) in [7, 11) is 0. The van der Waals surface area contributed by atoms with Crippen LogP contribution in [-0.2, 0) is 12.8 Å². The third kappa shape index (κ3) is 4.33. The van der Waals surface area contributed by atoms with Crippen LogP contribution in [0, 0.1) is 11.3 Å². The van der Waals surface area contributed by atoms with E-state index < -0.39 is 18.0 Å². The molecule has 0 bridgehead atoms. The molecule has 2 aromatic rings. The number of rotatable bonds is 5. The minimum Gasteiger partial charge on any atom is -0.393 e.